The number of rotatable bonds is 3. The van der Waals surface area contributed by atoms with Gasteiger partial charge in [-0.25, -0.2) is 8.42 Å². The quantitative estimate of drug-likeness (QED) is 0.860. The number of benzene rings is 1. The average Bonchev–Trinajstić information content (AvgIpc) is 2.25. The lowest BCUT2D eigenvalue weighted by Crippen LogP contribution is -2.19. The molecule has 10 heteroatoms. The number of hydrogen-bond donors (Lipinski definition) is 1. The van der Waals surface area contributed by atoms with Gasteiger partial charge in [0.05, 0.1) is 17.1 Å². The van der Waals surface area contributed by atoms with E-state index in [-0.39, 0.29) is 0 Å². The Hall–Kier alpha value is -1.50. The van der Waals surface area contributed by atoms with Crippen LogP contribution in [0.25, 0.3) is 0 Å². The third kappa shape index (κ3) is 3.73. The van der Waals surface area contributed by atoms with E-state index in [0.717, 1.165) is 12.1 Å². The fourth-order valence-corrected chi connectivity index (χ4v) is 2.42. The van der Waals surface area contributed by atoms with Gasteiger partial charge in [0.25, 0.3) is 9.05 Å². The summed E-state index contributed by atoms with van der Waals surface area (Å²) in [6.07, 6.45) is -5.15. The van der Waals surface area contributed by atoms with Crippen LogP contribution in [-0.2, 0) is 15.7 Å². The van der Waals surface area contributed by atoms with E-state index in [4.69, 9.17) is 21.1 Å². The third-order valence-electron chi connectivity index (χ3n) is 1.98. The highest BCUT2D eigenvalue weighted by Crippen LogP contribution is 2.35. The van der Waals surface area contributed by atoms with Crippen molar-refractivity contribution in [1.29, 1.82) is 5.26 Å². The monoisotopic (exact) mass is 315 g/mol. The van der Waals surface area contributed by atoms with Crippen molar-refractivity contribution in [3.63, 3.8) is 0 Å². The van der Waals surface area contributed by atoms with Crippen molar-refractivity contribution in [3.05, 3.63) is 23.3 Å². The van der Waals surface area contributed by atoms with Crippen LogP contribution in [0.1, 0.15) is 11.1 Å². The predicted molar refractivity (Wildman–Crippen MR) is 56.8 cm³/mol. The number of ether oxygens (including phenoxy) is 1. The lowest BCUT2D eigenvalue weighted by atomic mass is 10.1. The summed E-state index contributed by atoms with van der Waals surface area (Å²) in [5.41, 5.74) is -1.31. The van der Waals surface area contributed by atoms with Crippen LogP contribution in [-0.4, -0.2) is 19.9 Å². The number of alkyl halides is 3. The van der Waals surface area contributed by atoms with E-state index in [1.807, 2.05) is 0 Å². The van der Waals surface area contributed by atoms with Gasteiger partial charge in [-0.1, -0.05) is 0 Å². The molecular formula is C9H5ClF3NO4S. The molecule has 0 aliphatic heterocycles. The van der Waals surface area contributed by atoms with Gasteiger partial charge >= 0.3 is 6.36 Å². The maximum Gasteiger partial charge on any atom is 0.573 e. The first-order chi connectivity index (χ1) is 8.60. The molecular weight excluding hydrogens is 311 g/mol. The SMILES string of the molecule is N#Cc1ccc(S(=O)(=O)Cl)c(CO)c1OC(F)(F)F. The summed E-state index contributed by atoms with van der Waals surface area (Å²) < 4.78 is 62.5. The summed E-state index contributed by atoms with van der Waals surface area (Å²) in [4.78, 5) is -0.755. The Kier molecular flexibility index (Phi) is 4.29. The lowest BCUT2D eigenvalue weighted by molar-refractivity contribution is -0.275. The first-order valence-corrected chi connectivity index (χ1v) is 6.78. The van der Waals surface area contributed by atoms with Crippen molar-refractivity contribution >= 4 is 19.7 Å². The Labute approximate surface area is 110 Å². The minimum atomic E-state index is -5.15. The zero-order valence-electron chi connectivity index (χ0n) is 8.90. The topological polar surface area (TPSA) is 87.4 Å². The Morgan fingerprint density at radius 1 is 1.42 bits per heavy atom. The molecule has 1 N–H and O–H groups in total. The van der Waals surface area contributed by atoms with Crippen LogP contribution in [0.4, 0.5) is 13.2 Å². The Morgan fingerprint density at radius 2 is 2.00 bits per heavy atom. The minimum absolute atomic E-state index is 0.578. The number of nitrogens with zero attached hydrogens (tertiary/aromatic N) is 1. The molecule has 0 saturated heterocycles. The first kappa shape index (κ1) is 15.6. The molecule has 0 saturated carbocycles. The van der Waals surface area contributed by atoms with Gasteiger partial charge in [0, 0.05) is 16.2 Å². The van der Waals surface area contributed by atoms with Gasteiger partial charge in [-0.2, -0.15) is 5.26 Å². The molecule has 1 rings (SSSR count). The van der Waals surface area contributed by atoms with E-state index >= 15 is 0 Å². The van der Waals surface area contributed by atoms with Crippen molar-refractivity contribution in [3.8, 4) is 11.8 Å². The molecule has 0 unspecified atom stereocenters. The van der Waals surface area contributed by atoms with E-state index in [0.29, 0.717) is 0 Å². The summed E-state index contributed by atoms with van der Waals surface area (Å²) >= 11 is 0. The molecule has 0 heterocycles. The van der Waals surface area contributed by atoms with Gasteiger partial charge in [0.2, 0.25) is 0 Å². The van der Waals surface area contributed by atoms with E-state index in [2.05, 4.69) is 4.74 Å². The summed E-state index contributed by atoms with van der Waals surface area (Å²) in [6, 6.07) is 3.01. The minimum Gasteiger partial charge on any atom is -0.404 e. The summed E-state index contributed by atoms with van der Waals surface area (Å²) in [5, 5.41) is 17.7. The molecule has 0 atom stereocenters. The van der Waals surface area contributed by atoms with E-state index in [9.17, 15) is 21.6 Å². The zero-order valence-corrected chi connectivity index (χ0v) is 10.5. The van der Waals surface area contributed by atoms with Crippen LogP contribution in [0, 0.1) is 11.3 Å². The molecule has 104 valence electrons. The summed E-state index contributed by atoms with van der Waals surface area (Å²) in [5.74, 6) is -1.08. The van der Waals surface area contributed by atoms with Crippen molar-refractivity contribution in [2.75, 3.05) is 0 Å². The highest BCUT2D eigenvalue weighted by molar-refractivity contribution is 8.13. The molecule has 0 aromatic heterocycles. The molecule has 5 nitrogen and oxygen atoms in total. The molecule has 0 bridgehead atoms. The maximum absolute atomic E-state index is 12.2. The van der Waals surface area contributed by atoms with Gasteiger partial charge in [-0.15, -0.1) is 13.2 Å². The maximum atomic E-state index is 12.2. The van der Waals surface area contributed by atoms with Crippen molar-refractivity contribution < 1.29 is 31.4 Å². The average molecular weight is 316 g/mol. The third-order valence-corrected chi connectivity index (χ3v) is 3.38. The molecule has 0 aliphatic carbocycles. The smallest absolute Gasteiger partial charge is 0.404 e. The Morgan fingerprint density at radius 3 is 2.37 bits per heavy atom. The molecule has 1 aromatic carbocycles. The van der Waals surface area contributed by atoms with Crippen LogP contribution in [0.15, 0.2) is 17.0 Å². The molecule has 19 heavy (non-hydrogen) atoms. The molecule has 0 radical (unpaired) electrons. The number of aliphatic hydroxyl groups is 1. The van der Waals surface area contributed by atoms with Crippen molar-refractivity contribution in [2.24, 2.45) is 0 Å². The van der Waals surface area contributed by atoms with E-state index < -0.39 is 43.8 Å². The standard InChI is InChI=1S/C9H5ClF3NO4S/c10-19(16,17)7-2-1-5(3-14)8(6(7)4-15)18-9(11,12)13/h1-2,15H,4H2. The van der Waals surface area contributed by atoms with Gasteiger partial charge in [0.15, 0.2) is 5.75 Å². The normalized spacial score (nSPS) is 12.0. The van der Waals surface area contributed by atoms with E-state index in [1.54, 1.807) is 0 Å². The number of hydrogen-bond acceptors (Lipinski definition) is 5. The Balaban J connectivity index is 3.62. The highest BCUT2D eigenvalue weighted by Gasteiger charge is 2.35. The van der Waals surface area contributed by atoms with Crippen LogP contribution in [0.2, 0.25) is 0 Å². The molecule has 0 spiro atoms. The second-order valence-corrected chi connectivity index (χ2v) is 5.71. The van der Waals surface area contributed by atoms with Crippen molar-refractivity contribution in [1.82, 2.24) is 0 Å². The summed E-state index contributed by atoms with van der Waals surface area (Å²) in [7, 11) is 0.629. The van der Waals surface area contributed by atoms with Gasteiger partial charge < -0.3 is 9.84 Å². The fraction of sp³-hybridized carbons (Fsp3) is 0.222. The van der Waals surface area contributed by atoms with Crippen LogP contribution in [0.5, 0.6) is 5.75 Å². The second kappa shape index (κ2) is 5.24. The number of aliphatic hydroxyl groups excluding tert-OH is 1. The lowest BCUT2D eigenvalue weighted by Gasteiger charge is -2.15. The van der Waals surface area contributed by atoms with Crippen LogP contribution in [0.3, 0.4) is 0 Å². The fourth-order valence-electron chi connectivity index (χ4n) is 1.31. The molecule has 1 aromatic rings. The van der Waals surface area contributed by atoms with Gasteiger partial charge in [0.1, 0.15) is 6.07 Å². The first-order valence-electron chi connectivity index (χ1n) is 4.47. The molecule has 0 aliphatic rings. The largest absolute Gasteiger partial charge is 0.573 e. The number of nitriles is 1. The Bertz CT molecular complexity index is 636. The second-order valence-electron chi connectivity index (χ2n) is 3.17. The number of halogens is 4. The van der Waals surface area contributed by atoms with Crippen LogP contribution < -0.4 is 4.74 Å². The summed E-state index contributed by atoms with van der Waals surface area (Å²) in [6.45, 7) is -1.10. The molecule has 0 amide bonds. The van der Waals surface area contributed by atoms with Crippen molar-refractivity contribution in [2.45, 2.75) is 17.9 Å². The van der Waals surface area contributed by atoms with Crippen LogP contribution >= 0.6 is 10.7 Å². The zero-order chi connectivity index (χ0) is 14.8. The van der Waals surface area contributed by atoms with Gasteiger partial charge in [-0.3, -0.25) is 0 Å². The highest BCUT2D eigenvalue weighted by atomic mass is 35.7. The predicted octanol–water partition coefficient (Wildman–Crippen LogP) is 1.88. The van der Waals surface area contributed by atoms with Gasteiger partial charge in [-0.05, 0) is 12.1 Å². The molecule has 0 fully saturated rings. The van der Waals surface area contributed by atoms with E-state index in [1.165, 1.54) is 6.07 Å².